The smallest absolute Gasteiger partial charge is 0.223 e. The number of nitrogens with one attached hydrogen (secondary N) is 1. The number of carbonyl (C=O) groups excluding carboxylic acids is 1. The second-order valence-electron chi connectivity index (χ2n) is 5.38. The monoisotopic (exact) mass is 264 g/mol. The molecule has 0 radical (unpaired) electrons. The molecule has 1 fully saturated rings. The quantitative estimate of drug-likeness (QED) is 0.910. The van der Waals surface area contributed by atoms with E-state index in [0.29, 0.717) is 5.69 Å². The molecule has 1 aromatic carbocycles. The summed E-state index contributed by atoms with van der Waals surface area (Å²) in [7, 11) is 0. The Morgan fingerprint density at radius 3 is 2.53 bits per heavy atom. The lowest BCUT2D eigenvalue weighted by Gasteiger charge is -2.33. The van der Waals surface area contributed by atoms with Crippen molar-refractivity contribution in [1.82, 2.24) is 5.32 Å². The zero-order valence-corrected chi connectivity index (χ0v) is 11.5. The summed E-state index contributed by atoms with van der Waals surface area (Å²) in [6.45, 7) is 5.40. The van der Waals surface area contributed by atoms with Crippen LogP contribution in [0.2, 0.25) is 0 Å². The Balaban J connectivity index is 1.93. The number of para-hydroxylation sites is 1. The third-order valence-corrected chi connectivity index (χ3v) is 3.49. The maximum Gasteiger partial charge on any atom is 0.223 e. The molecule has 1 N–H and O–H groups in total. The van der Waals surface area contributed by atoms with Crippen LogP contribution in [0.3, 0.4) is 0 Å². The second kappa shape index (κ2) is 6.04. The first kappa shape index (κ1) is 13.8. The number of hydrogen-bond donors (Lipinski definition) is 1. The number of nitrogens with zero attached hydrogens (tertiary/aromatic N) is 1. The number of anilines is 1. The first-order valence-corrected chi connectivity index (χ1v) is 6.88. The van der Waals surface area contributed by atoms with Gasteiger partial charge in [0.15, 0.2) is 0 Å². The zero-order chi connectivity index (χ0) is 13.8. The number of piperidine rings is 1. The van der Waals surface area contributed by atoms with E-state index >= 15 is 0 Å². The predicted octanol–water partition coefficient (Wildman–Crippen LogP) is 2.57. The lowest BCUT2D eigenvalue weighted by atomic mass is 9.95. The van der Waals surface area contributed by atoms with Gasteiger partial charge >= 0.3 is 0 Å². The van der Waals surface area contributed by atoms with Crippen LogP contribution >= 0.6 is 0 Å². The van der Waals surface area contributed by atoms with Gasteiger partial charge in [-0.3, -0.25) is 4.79 Å². The number of rotatable bonds is 3. The summed E-state index contributed by atoms with van der Waals surface area (Å²) in [5.41, 5.74) is 0.644. The van der Waals surface area contributed by atoms with Gasteiger partial charge in [-0.2, -0.15) is 0 Å². The Morgan fingerprint density at radius 1 is 1.32 bits per heavy atom. The number of benzene rings is 1. The summed E-state index contributed by atoms with van der Waals surface area (Å²) in [5.74, 6) is 0.00110. The molecule has 3 nitrogen and oxygen atoms in total. The molecule has 19 heavy (non-hydrogen) atoms. The molecule has 0 aromatic heterocycles. The minimum Gasteiger partial charge on any atom is -0.369 e. The topological polar surface area (TPSA) is 32.3 Å². The van der Waals surface area contributed by atoms with Gasteiger partial charge in [-0.05, 0) is 38.8 Å². The van der Waals surface area contributed by atoms with Gasteiger partial charge < -0.3 is 10.2 Å². The van der Waals surface area contributed by atoms with E-state index in [1.807, 2.05) is 24.8 Å². The van der Waals surface area contributed by atoms with Crippen LogP contribution in [0, 0.1) is 11.7 Å². The first-order valence-electron chi connectivity index (χ1n) is 6.88. The maximum absolute atomic E-state index is 13.7. The van der Waals surface area contributed by atoms with E-state index < -0.39 is 0 Å². The van der Waals surface area contributed by atoms with E-state index in [9.17, 15) is 9.18 Å². The summed E-state index contributed by atoms with van der Waals surface area (Å²) >= 11 is 0. The minimum absolute atomic E-state index is 0.0606. The van der Waals surface area contributed by atoms with E-state index in [1.54, 1.807) is 12.1 Å². The van der Waals surface area contributed by atoms with E-state index in [1.165, 1.54) is 6.07 Å². The normalized spacial score (nSPS) is 16.7. The van der Waals surface area contributed by atoms with Crippen LogP contribution in [0.5, 0.6) is 0 Å². The number of halogens is 1. The fraction of sp³-hybridized carbons (Fsp3) is 0.533. The Hall–Kier alpha value is -1.58. The average Bonchev–Trinajstić information content (AvgIpc) is 2.39. The van der Waals surface area contributed by atoms with Crippen molar-refractivity contribution in [3.8, 4) is 0 Å². The maximum atomic E-state index is 13.7. The van der Waals surface area contributed by atoms with Crippen molar-refractivity contribution >= 4 is 11.6 Å². The van der Waals surface area contributed by atoms with Gasteiger partial charge in [0, 0.05) is 25.0 Å². The standard InChI is InChI=1S/C15H21FN2O/c1-11(2)17-15(19)12-7-9-18(10-8-12)14-6-4-3-5-13(14)16/h3-6,11-12H,7-10H2,1-2H3,(H,17,19). The van der Waals surface area contributed by atoms with Gasteiger partial charge in [-0.15, -0.1) is 0 Å². The Kier molecular flexibility index (Phi) is 4.40. The molecule has 1 aliphatic heterocycles. The summed E-state index contributed by atoms with van der Waals surface area (Å²) in [6, 6.07) is 6.99. The highest BCUT2D eigenvalue weighted by Crippen LogP contribution is 2.25. The van der Waals surface area contributed by atoms with Crippen molar-refractivity contribution in [2.45, 2.75) is 32.7 Å². The predicted molar refractivity (Wildman–Crippen MR) is 74.6 cm³/mol. The van der Waals surface area contributed by atoms with Gasteiger partial charge in [0.2, 0.25) is 5.91 Å². The third-order valence-electron chi connectivity index (χ3n) is 3.49. The van der Waals surface area contributed by atoms with Crippen molar-refractivity contribution in [2.24, 2.45) is 5.92 Å². The van der Waals surface area contributed by atoms with Gasteiger partial charge in [-0.25, -0.2) is 4.39 Å². The highest BCUT2D eigenvalue weighted by molar-refractivity contribution is 5.79. The Bertz CT molecular complexity index is 440. The molecule has 1 aliphatic rings. The Morgan fingerprint density at radius 2 is 1.95 bits per heavy atom. The molecule has 1 saturated heterocycles. The van der Waals surface area contributed by atoms with E-state index in [0.717, 1.165) is 25.9 Å². The van der Waals surface area contributed by atoms with Gasteiger partial charge in [-0.1, -0.05) is 12.1 Å². The minimum atomic E-state index is -0.187. The van der Waals surface area contributed by atoms with Crippen LogP contribution in [0.15, 0.2) is 24.3 Å². The van der Waals surface area contributed by atoms with Crippen LogP contribution in [0.25, 0.3) is 0 Å². The molecule has 1 heterocycles. The summed E-state index contributed by atoms with van der Waals surface area (Å²) in [4.78, 5) is 13.9. The molecule has 0 unspecified atom stereocenters. The van der Waals surface area contributed by atoms with Crippen LogP contribution in [0.4, 0.5) is 10.1 Å². The molecule has 2 rings (SSSR count). The molecular formula is C15H21FN2O. The van der Waals surface area contributed by atoms with Crippen molar-refractivity contribution < 1.29 is 9.18 Å². The molecule has 0 bridgehead atoms. The van der Waals surface area contributed by atoms with Crippen LogP contribution < -0.4 is 10.2 Å². The molecule has 0 aliphatic carbocycles. The molecule has 0 saturated carbocycles. The van der Waals surface area contributed by atoms with Crippen LogP contribution in [-0.2, 0) is 4.79 Å². The number of carbonyl (C=O) groups is 1. The fourth-order valence-corrected chi connectivity index (χ4v) is 2.49. The molecule has 4 heteroatoms. The largest absolute Gasteiger partial charge is 0.369 e. The Labute approximate surface area is 113 Å². The first-order chi connectivity index (χ1) is 9.08. The van der Waals surface area contributed by atoms with E-state index in [2.05, 4.69) is 5.32 Å². The SMILES string of the molecule is CC(C)NC(=O)C1CCN(c2ccccc2F)CC1. The van der Waals surface area contributed by atoms with E-state index in [-0.39, 0.29) is 23.7 Å². The van der Waals surface area contributed by atoms with E-state index in [4.69, 9.17) is 0 Å². The van der Waals surface area contributed by atoms with Crippen molar-refractivity contribution in [1.29, 1.82) is 0 Å². The molecule has 1 aromatic rings. The summed E-state index contributed by atoms with van der Waals surface area (Å²) in [6.07, 6.45) is 1.57. The highest BCUT2D eigenvalue weighted by atomic mass is 19.1. The lowest BCUT2D eigenvalue weighted by molar-refractivity contribution is -0.126. The fourth-order valence-electron chi connectivity index (χ4n) is 2.49. The van der Waals surface area contributed by atoms with Gasteiger partial charge in [0.1, 0.15) is 5.82 Å². The van der Waals surface area contributed by atoms with Gasteiger partial charge in [0.05, 0.1) is 5.69 Å². The van der Waals surface area contributed by atoms with Crippen LogP contribution in [-0.4, -0.2) is 25.0 Å². The molecule has 1 amide bonds. The molecule has 104 valence electrons. The van der Waals surface area contributed by atoms with Gasteiger partial charge in [0.25, 0.3) is 0 Å². The summed E-state index contributed by atoms with van der Waals surface area (Å²) < 4.78 is 13.7. The molecular weight excluding hydrogens is 243 g/mol. The lowest BCUT2D eigenvalue weighted by Crippen LogP contribution is -2.42. The average molecular weight is 264 g/mol. The number of hydrogen-bond acceptors (Lipinski definition) is 2. The van der Waals surface area contributed by atoms with Crippen molar-refractivity contribution in [3.63, 3.8) is 0 Å². The molecule has 0 spiro atoms. The van der Waals surface area contributed by atoms with Crippen LogP contribution in [0.1, 0.15) is 26.7 Å². The zero-order valence-electron chi connectivity index (χ0n) is 11.5. The second-order valence-corrected chi connectivity index (χ2v) is 5.38. The van der Waals surface area contributed by atoms with Crippen molar-refractivity contribution in [3.05, 3.63) is 30.1 Å². The summed E-state index contributed by atoms with van der Waals surface area (Å²) in [5, 5.41) is 2.95. The van der Waals surface area contributed by atoms with Crippen molar-refractivity contribution in [2.75, 3.05) is 18.0 Å². The highest BCUT2D eigenvalue weighted by Gasteiger charge is 2.26. The third kappa shape index (κ3) is 3.46. The number of amides is 1. The molecule has 0 atom stereocenters.